The molecule has 3 aromatic carbocycles. The van der Waals surface area contributed by atoms with E-state index in [0.29, 0.717) is 65.7 Å². The maximum Gasteiger partial charge on any atom is 0.319 e. The van der Waals surface area contributed by atoms with E-state index in [2.05, 4.69) is 42.4 Å². The molecule has 0 radical (unpaired) electrons. The van der Waals surface area contributed by atoms with Gasteiger partial charge in [0.2, 0.25) is 11.8 Å². The van der Waals surface area contributed by atoms with Crippen LogP contribution in [0.4, 0.5) is 10.2 Å². The van der Waals surface area contributed by atoms with Gasteiger partial charge in [-0.15, -0.1) is 11.3 Å². The lowest BCUT2D eigenvalue weighted by Gasteiger charge is -2.38. The number of thiazole rings is 1. The van der Waals surface area contributed by atoms with Crippen molar-refractivity contribution >= 4 is 50.6 Å². The van der Waals surface area contributed by atoms with Gasteiger partial charge in [-0.1, -0.05) is 63.2 Å². The van der Waals surface area contributed by atoms with Gasteiger partial charge in [0.05, 0.1) is 45.8 Å². The fourth-order valence-electron chi connectivity index (χ4n) is 15.9. The number of phenolic OH excluding ortho intramolecular Hbond substituents is 1. The summed E-state index contributed by atoms with van der Waals surface area (Å²) in [6.07, 6.45) is 11.3. The van der Waals surface area contributed by atoms with Crippen LogP contribution in [0, 0.1) is 24.6 Å². The minimum atomic E-state index is -0.837. The number of β-amino-alcohol motifs (C(OH)–C–C–N with tert-alkyl or cyclic N) is 1. The molecule has 7 fully saturated rings. The Morgan fingerprint density at radius 3 is 2.51 bits per heavy atom. The quantitative estimate of drug-likeness (QED) is 0.0670. The van der Waals surface area contributed by atoms with E-state index in [1.165, 1.54) is 4.90 Å². The first-order valence-electron chi connectivity index (χ1n) is 31.3. The second kappa shape index (κ2) is 22.7. The summed E-state index contributed by atoms with van der Waals surface area (Å²) in [4.78, 5) is 57.8. The van der Waals surface area contributed by atoms with E-state index >= 15 is 4.39 Å². The molecule has 6 aliphatic heterocycles. The van der Waals surface area contributed by atoms with Crippen LogP contribution >= 0.6 is 11.3 Å². The molecule has 1 aliphatic carbocycles. The minimum Gasteiger partial charge on any atom is -0.508 e. The third kappa shape index (κ3) is 10.3. The van der Waals surface area contributed by atoms with Gasteiger partial charge in [-0.2, -0.15) is 9.97 Å². The van der Waals surface area contributed by atoms with Crippen LogP contribution in [0.2, 0.25) is 0 Å². The summed E-state index contributed by atoms with van der Waals surface area (Å²) >= 11 is 1.59. The summed E-state index contributed by atoms with van der Waals surface area (Å²) in [7, 11) is 0. The second-order valence-electron chi connectivity index (χ2n) is 26.1. The van der Waals surface area contributed by atoms with Crippen LogP contribution in [0.3, 0.4) is 0 Å². The van der Waals surface area contributed by atoms with Crippen LogP contribution in [-0.4, -0.2) is 156 Å². The van der Waals surface area contributed by atoms with Crippen molar-refractivity contribution in [1.82, 2.24) is 50.4 Å². The van der Waals surface area contributed by atoms with Crippen LogP contribution in [0.15, 0.2) is 76.9 Å². The van der Waals surface area contributed by atoms with Gasteiger partial charge >= 0.3 is 6.01 Å². The van der Waals surface area contributed by atoms with Crippen molar-refractivity contribution in [2.75, 3.05) is 57.4 Å². The number of hydrogen-bond acceptors (Lipinski definition) is 17. The number of aliphatic hydroxyl groups is 1. The number of benzene rings is 3. The van der Waals surface area contributed by atoms with Crippen LogP contribution in [-0.2, 0) is 16.0 Å². The number of pyridine rings is 1. The molecule has 4 aromatic heterocycles. The second-order valence-corrected chi connectivity index (χ2v) is 27.0. The van der Waals surface area contributed by atoms with Gasteiger partial charge in [0, 0.05) is 67.5 Å². The molecule has 1 spiro atoms. The summed E-state index contributed by atoms with van der Waals surface area (Å²) in [6.45, 7) is 15.3. The summed E-state index contributed by atoms with van der Waals surface area (Å²) in [5.74, 6) is -0.327. The van der Waals surface area contributed by atoms with Crippen molar-refractivity contribution in [1.29, 1.82) is 0 Å². The number of nitrogens with zero attached hydrogens (tertiary/aromatic N) is 9. The third-order valence-corrected chi connectivity index (χ3v) is 21.4. The van der Waals surface area contributed by atoms with Crippen molar-refractivity contribution in [3.8, 4) is 39.3 Å². The Morgan fingerprint density at radius 1 is 0.953 bits per heavy atom. The molecule has 452 valence electrons. The van der Waals surface area contributed by atoms with Crippen LogP contribution < -0.4 is 25.0 Å². The van der Waals surface area contributed by atoms with E-state index < -0.39 is 23.9 Å². The Balaban J connectivity index is 0.606. The smallest absolute Gasteiger partial charge is 0.319 e. The average Bonchev–Trinajstić information content (AvgIpc) is 1.53. The molecule has 6 saturated heterocycles. The number of halogens is 1. The highest BCUT2D eigenvalue weighted by atomic mass is 32.1. The topological polar surface area (TPSA) is 208 Å². The fraction of sp³-hybridized carbons (Fsp3) is 0.530. The van der Waals surface area contributed by atoms with Gasteiger partial charge in [0.15, 0.2) is 11.6 Å². The maximum atomic E-state index is 17.4. The summed E-state index contributed by atoms with van der Waals surface area (Å²) in [5, 5.41) is 35.1. The van der Waals surface area contributed by atoms with Gasteiger partial charge in [-0.05, 0) is 154 Å². The standard InChI is InChI=1S/C66H78FN11O7S/c1-6-41-9-7-10-44-25-47(79)26-49(56(41)44)58-57(67)59-50(30-68-58)61(76-31-45-15-16-46(32-76)71-45)73-64(72-59)84-35-65-19-8-22-78(65)66(21-20-65)29-53(66)75-23-17-40(18-24-75)34-83-54-28-52(85-74-54)55(37(2)3)63(82)77-33-48(80)27-51(77)62(81)70-38(4)42-11-13-43(14-12-42)60-39(5)69-36-86-60/h7,9-14,25-26,28,30,36-38,40,45-46,48,51,53,55,71,79-80H,6,8,15-24,27,29,31-35H2,1-5H3,(H,70,81)/t38-,45?,46?,48+,51-,53?,55-,65-,66?/m0/s1. The van der Waals surface area contributed by atoms with Crippen LogP contribution in [0.5, 0.6) is 17.6 Å². The predicted octanol–water partition coefficient (Wildman–Crippen LogP) is 9.50. The van der Waals surface area contributed by atoms with Crippen molar-refractivity contribution < 1.29 is 38.2 Å². The number of fused-ring (bicyclic) bond motifs is 6. The number of likely N-dealkylation sites (tertiary alicyclic amines) is 2. The Kier molecular flexibility index (Phi) is 15.0. The lowest BCUT2D eigenvalue weighted by Crippen LogP contribution is -2.51. The van der Waals surface area contributed by atoms with Gasteiger partial charge < -0.3 is 44.6 Å². The number of anilines is 1. The van der Waals surface area contributed by atoms with E-state index in [0.717, 1.165) is 135 Å². The van der Waals surface area contributed by atoms with E-state index in [4.69, 9.17) is 28.9 Å². The van der Waals surface area contributed by atoms with Crippen LogP contribution in [0.25, 0.3) is 43.4 Å². The monoisotopic (exact) mass is 1190 g/mol. The molecule has 7 aromatic rings. The number of rotatable bonds is 17. The maximum absolute atomic E-state index is 17.4. The number of piperidine rings is 1. The number of nitrogens with one attached hydrogen (secondary N) is 2. The number of aromatic hydroxyl groups is 1. The molecule has 10 heterocycles. The number of aryl methyl sites for hydroxylation is 2. The van der Waals surface area contributed by atoms with E-state index in [1.807, 2.05) is 75.7 Å². The highest BCUT2D eigenvalue weighted by Crippen LogP contribution is 2.61. The molecular formula is C66H78FN11O7S. The summed E-state index contributed by atoms with van der Waals surface area (Å²) in [6, 6.07) is 19.2. The third-order valence-electron chi connectivity index (χ3n) is 20.4. The first kappa shape index (κ1) is 56.9. The highest BCUT2D eigenvalue weighted by Gasteiger charge is 2.69. The molecule has 4 unspecified atom stereocenters. The average molecular weight is 1190 g/mol. The molecule has 20 heteroatoms. The Hall–Kier alpha value is -6.84. The Bertz CT molecular complexity index is 3690. The number of phenols is 1. The number of ether oxygens (including phenoxy) is 2. The van der Waals surface area contributed by atoms with Gasteiger partial charge in [-0.3, -0.25) is 24.4 Å². The fourth-order valence-corrected chi connectivity index (χ4v) is 16.7. The van der Waals surface area contributed by atoms with Crippen molar-refractivity contribution in [2.45, 2.75) is 159 Å². The zero-order valence-corrected chi connectivity index (χ0v) is 50.6. The largest absolute Gasteiger partial charge is 0.508 e. The molecule has 1 saturated carbocycles. The number of aromatic nitrogens is 5. The molecule has 2 bridgehead atoms. The molecule has 4 N–H and O–H groups in total. The van der Waals surface area contributed by atoms with Gasteiger partial charge in [-0.25, -0.2) is 9.37 Å². The molecular weight excluding hydrogens is 1110 g/mol. The normalized spacial score (nSPS) is 26.5. The molecule has 14 rings (SSSR count). The van der Waals surface area contributed by atoms with Gasteiger partial charge in [0.25, 0.3) is 5.88 Å². The zero-order chi connectivity index (χ0) is 59.2. The van der Waals surface area contributed by atoms with E-state index in [-0.39, 0.29) is 70.8 Å². The molecule has 18 nitrogen and oxygen atoms in total. The molecule has 86 heavy (non-hydrogen) atoms. The van der Waals surface area contributed by atoms with Gasteiger partial charge in [0.1, 0.15) is 41.3 Å². The number of hydrogen-bond donors (Lipinski definition) is 4. The predicted molar refractivity (Wildman–Crippen MR) is 327 cm³/mol. The SMILES string of the molecule is CCc1cccc2cc(O)cc(-c3ncc4c(N5CC6CCC(C5)N6)nc(OC[C@@]56CCCN5C5(CC6)CC5N5CCC(COc6cc([C@@H](C(=O)N7C[C@H](O)C[C@H]7C(=O)N[C@@H](C)c7ccc(-c8scnc8C)cc7)C(C)C)on6)CC5)nc4c3F)c12. The van der Waals surface area contributed by atoms with Crippen molar-refractivity contribution in [2.24, 2.45) is 11.8 Å². The number of carbonyl (C=O) groups excluding carboxylic acids is 2. The van der Waals surface area contributed by atoms with Crippen LogP contribution in [0.1, 0.15) is 126 Å². The summed E-state index contributed by atoms with van der Waals surface area (Å²) in [5.41, 5.74) is 6.65. The Morgan fingerprint density at radius 2 is 1.76 bits per heavy atom. The number of amides is 2. The van der Waals surface area contributed by atoms with E-state index in [9.17, 15) is 19.8 Å². The lowest BCUT2D eigenvalue weighted by molar-refractivity contribution is -0.141. The first-order chi connectivity index (χ1) is 41.6. The molecule has 9 atom stereocenters. The van der Waals surface area contributed by atoms with Crippen molar-refractivity contribution in [3.05, 3.63) is 101 Å². The number of carbonyl (C=O) groups is 2. The summed E-state index contributed by atoms with van der Waals surface area (Å²) < 4.78 is 36.4. The minimum absolute atomic E-state index is 0.0493. The molecule has 7 aliphatic rings. The first-order valence-corrected chi connectivity index (χ1v) is 32.2. The van der Waals surface area contributed by atoms with E-state index in [1.54, 1.807) is 35.7 Å². The molecule has 2 amide bonds. The lowest BCUT2D eigenvalue weighted by atomic mass is 9.91. The number of aliphatic hydroxyl groups excluding tert-OH is 1. The number of piperazine rings is 1. The van der Waals surface area contributed by atoms with Crippen molar-refractivity contribution in [3.63, 3.8) is 0 Å². The highest BCUT2D eigenvalue weighted by molar-refractivity contribution is 7.13. The zero-order valence-electron chi connectivity index (χ0n) is 49.8. The Labute approximate surface area is 504 Å².